The molecular weight excluding hydrogens is 587 g/mol. The van der Waals surface area contributed by atoms with Crippen molar-refractivity contribution in [2.75, 3.05) is 17.1 Å². The average molecular weight is 625 g/mol. The van der Waals surface area contributed by atoms with E-state index >= 15 is 0 Å². The first-order valence-corrected chi connectivity index (χ1v) is 16.4. The number of non-ortho nitro benzene ring substituents is 1. The third kappa shape index (κ3) is 8.40. The lowest BCUT2D eigenvalue weighted by Crippen LogP contribution is -2.55. The molecule has 0 aromatic heterocycles. The van der Waals surface area contributed by atoms with Crippen LogP contribution in [0.15, 0.2) is 72.8 Å². The predicted octanol–water partition coefficient (Wildman–Crippen LogP) is 4.90. The second-order valence-electron chi connectivity index (χ2n) is 11.2. The van der Waals surface area contributed by atoms with E-state index in [1.165, 1.54) is 35.2 Å². The Morgan fingerprint density at radius 3 is 2.32 bits per heavy atom. The van der Waals surface area contributed by atoms with Crippen LogP contribution in [-0.4, -0.2) is 54.9 Å². The number of aryl methyl sites for hydroxylation is 1. The number of rotatable bonds is 12. The van der Waals surface area contributed by atoms with Gasteiger partial charge in [-0.25, -0.2) is 12.8 Å². The fraction of sp³-hybridized carbons (Fsp3) is 0.375. The number of carbonyl (C=O) groups is 2. The highest BCUT2D eigenvalue weighted by atomic mass is 32.2. The molecule has 0 bridgehead atoms. The first-order chi connectivity index (χ1) is 20.9. The van der Waals surface area contributed by atoms with Crippen LogP contribution in [0, 0.1) is 22.9 Å². The van der Waals surface area contributed by atoms with E-state index < -0.39 is 45.2 Å². The maximum Gasteiger partial charge on any atom is 0.271 e. The van der Waals surface area contributed by atoms with Crippen LogP contribution >= 0.6 is 0 Å². The number of benzene rings is 3. The summed E-state index contributed by atoms with van der Waals surface area (Å²) in [6.07, 6.45) is 5.63. The highest BCUT2D eigenvalue weighted by Gasteiger charge is 2.35. The number of anilines is 1. The Morgan fingerprint density at radius 1 is 1.02 bits per heavy atom. The van der Waals surface area contributed by atoms with Gasteiger partial charge in [0.1, 0.15) is 18.4 Å². The Bertz CT molecular complexity index is 1600. The highest BCUT2D eigenvalue weighted by Crippen LogP contribution is 2.28. The van der Waals surface area contributed by atoms with E-state index in [4.69, 9.17) is 0 Å². The number of halogens is 1. The Hall–Kier alpha value is -4.32. The van der Waals surface area contributed by atoms with Gasteiger partial charge in [-0.2, -0.15) is 0 Å². The zero-order valence-corrected chi connectivity index (χ0v) is 25.6. The third-order valence-electron chi connectivity index (χ3n) is 7.87. The summed E-state index contributed by atoms with van der Waals surface area (Å²) in [7, 11) is -4.13. The monoisotopic (exact) mass is 624 g/mol. The second-order valence-corrected chi connectivity index (χ2v) is 13.1. The SMILES string of the molecule is Cc1ccc([N+](=O)[O-])cc1N(CC(=O)N(Cc1ccccc1F)C(Cc1ccccc1)C(=O)NC1CCCCC1)S(C)(=O)=O. The van der Waals surface area contributed by atoms with Gasteiger partial charge < -0.3 is 10.2 Å². The first kappa shape index (κ1) is 32.6. The minimum Gasteiger partial charge on any atom is -0.352 e. The molecule has 3 aromatic rings. The molecule has 2 amide bonds. The van der Waals surface area contributed by atoms with Crippen LogP contribution in [0.25, 0.3) is 0 Å². The standard InChI is InChI=1S/C32H37FN4O6S/c1-23-17-18-27(37(40)41)20-29(23)36(44(2,42)43)22-31(38)35(21-25-13-9-10-16-28(25)33)30(19-24-11-5-3-6-12-24)32(39)34-26-14-7-4-8-15-26/h3,5-6,9-13,16-18,20,26,30H,4,7-8,14-15,19,21-22H2,1-2H3,(H,34,39). The van der Waals surface area contributed by atoms with Gasteiger partial charge in [-0.1, -0.05) is 73.9 Å². The normalized spacial score (nSPS) is 14.4. The molecule has 1 N–H and O–H groups in total. The average Bonchev–Trinajstić information content (AvgIpc) is 2.99. The molecule has 4 rings (SSSR count). The minimum atomic E-state index is -4.13. The lowest BCUT2D eigenvalue weighted by Gasteiger charge is -2.35. The van der Waals surface area contributed by atoms with E-state index in [0.29, 0.717) is 5.56 Å². The summed E-state index contributed by atoms with van der Waals surface area (Å²) < 4.78 is 41.8. The van der Waals surface area contributed by atoms with E-state index in [1.54, 1.807) is 13.0 Å². The van der Waals surface area contributed by atoms with Crippen molar-refractivity contribution in [1.82, 2.24) is 10.2 Å². The van der Waals surface area contributed by atoms with Gasteiger partial charge in [-0.15, -0.1) is 0 Å². The van der Waals surface area contributed by atoms with Gasteiger partial charge in [0.25, 0.3) is 5.69 Å². The Balaban J connectivity index is 1.77. The van der Waals surface area contributed by atoms with Gasteiger partial charge in [0, 0.05) is 36.7 Å². The number of hydrogen-bond donors (Lipinski definition) is 1. The summed E-state index contributed by atoms with van der Waals surface area (Å²) in [5, 5.41) is 14.6. The van der Waals surface area contributed by atoms with Crippen LogP contribution in [0.2, 0.25) is 0 Å². The molecular formula is C32H37FN4O6S. The minimum absolute atomic E-state index is 0.0350. The van der Waals surface area contributed by atoms with Gasteiger partial charge in [-0.3, -0.25) is 24.0 Å². The molecule has 0 saturated heterocycles. The van der Waals surface area contributed by atoms with Gasteiger partial charge in [0.05, 0.1) is 16.9 Å². The van der Waals surface area contributed by atoms with Crippen molar-refractivity contribution >= 4 is 33.2 Å². The molecule has 0 aliphatic heterocycles. The molecule has 0 radical (unpaired) electrons. The second kappa shape index (κ2) is 14.4. The maximum atomic E-state index is 15.0. The van der Waals surface area contributed by atoms with E-state index in [2.05, 4.69) is 5.32 Å². The van der Waals surface area contributed by atoms with E-state index in [0.717, 1.165) is 54.3 Å². The highest BCUT2D eigenvalue weighted by molar-refractivity contribution is 7.92. The van der Waals surface area contributed by atoms with Crippen LogP contribution in [-0.2, 0) is 32.6 Å². The molecule has 0 heterocycles. The molecule has 1 aliphatic carbocycles. The Kier molecular flexibility index (Phi) is 10.7. The predicted molar refractivity (Wildman–Crippen MR) is 166 cm³/mol. The molecule has 3 aromatic carbocycles. The molecule has 1 aliphatic rings. The molecule has 1 fully saturated rings. The van der Waals surface area contributed by atoms with Gasteiger partial charge >= 0.3 is 0 Å². The van der Waals surface area contributed by atoms with Crippen molar-refractivity contribution in [2.24, 2.45) is 0 Å². The van der Waals surface area contributed by atoms with Crippen molar-refractivity contribution < 1.29 is 27.3 Å². The Morgan fingerprint density at radius 2 is 1.68 bits per heavy atom. The number of nitrogens with one attached hydrogen (secondary N) is 1. The number of nitro benzene ring substituents is 1. The smallest absolute Gasteiger partial charge is 0.271 e. The van der Waals surface area contributed by atoms with E-state index in [9.17, 15) is 32.5 Å². The fourth-order valence-electron chi connectivity index (χ4n) is 5.48. The van der Waals surface area contributed by atoms with Crippen LogP contribution in [0.3, 0.4) is 0 Å². The zero-order valence-electron chi connectivity index (χ0n) is 24.8. The van der Waals surface area contributed by atoms with Crippen LogP contribution in [0.4, 0.5) is 15.8 Å². The summed E-state index contributed by atoms with van der Waals surface area (Å²) >= 11 is 0. The molecule has 44 heavy (non-hydrogen) atoms. The van der Waals surface area contributed by atoms with E-state index in [-0.39, 0.29) is 35.9 Å². The molecule has 1 unspecified atom stereocenters. The van der Waals surface area contributed by atoms with Crippen molar-refractivity contribution in [3.63, 3.8) is 0 Å². The molecule has 12 heteroatoms. The van der Waals surface area contributed by atoms with Crippen LogP contribution < -0.4 is 9.62 Å². The zero-order chi connectivity index (χ0) is 31.9. The van der Waals surface area contributed by atoms with Crippen molar-refractivity contribution in [3.8, 4) is 0 Å². The van der Waals surface area contributed by atoms with Gasteiger partial charge in [0.2, 0.25) is 21.8 Å². The van der Waals surface area contributed by atoms with Crippen molar-refractivity contribution in [3.05, 3.63) is 105 Å². The largest absolute Gasteiger partial charge is 0.352 e. The summed E-state index contributed by atoms with van der Waals surface area (Å²) in [4.78, 5) is 40.2. The molecule has 1 saturated carbocycles. The van der Waals surface area contributed by atoms with E-state index in [1.807, 2.05) is 30.3 Å². The topological polar surface area (TPSA) is 130 Å². The molecule has 234 valence electrons. The van der Waals surface area contributed by atoms with Gasteiger partial charge in [0.15, 0.2) is 0 Å². The lowest BCUT2D eigenvalue weighted by molar-refractivity contribution is -0.384. The number of nitro groups is 1. The summed E-state index contributed by atoms with van der Waals surface area (Å²) in [5.74, 6) is -1.75. The van der Waals surface area contributed by atoms with Crippen molar-refractivity contribution in [2.45, 2.75) is 64.1 Å². The van der Waals surface area contributed by atoms with Crippen LogP contribution in [0.1, 0.15) is 48.8 Å². The lowest BCUT2D eigenvalue weighted by atomic mass is 9.94. The third-order valence-corrected chi connectivity index (χ3v) is 9.00. The summed E-state index contributed by atoms with van der Waals surface area (Å²) in [6, 6.07) is 17.6. The number of nitrogens with zero attached hydrogens (tertiary/aromatic N) is 3. The van der Waals surface area contributed by atoms with Crippen molar-refractivity contribution in [1.29, 1.82) is 0 Å². The number of amides is 2. The Labute approximate surface area is 257 Å². The molecule has 1 atom stereocenters. The quantitative estimate of drug-likeness (QED) is 0.226. The molecule has 10 nitrogen and oxygen atoms in total. The number of carbonyl (C=O) groups excluding carboxylic acids is 2. The number of hydrogen-bond acceptors (Lipinski definition) is 6. The maximum absolute atomic E-state index is 15.0. The number of sulfonamides is 1. The van der Waals surface area contributed by atoms with Crippen LogP contribution in [0.5, 0.6) is 0 Å². The molecule has 0 spiro atoms. The summed E-state index contributed by atoms with van der Waals surface area (Å²) in [6.45, 7) is 0.526. The fourth-order valence-corrected chi connectivity index (χ4v) is 6.38. The first-order valence-electron chi connectivity index (χ1n) is 14.5. The van der Waals surface area contributed by atoms with Gasteiger partial charge in [-0.05, 0) is 37.0 Å². The summed E-state index contributed by atoms with van der Waals surface area (Å²) in [5.41, 5.74) is 0.931.